The molecule has 1 aliphatic heterocycles. The minimum atomic E-state index is -4.61. The fraction of sp³-hybridized carbons (Fsp3) is 0.316. The summed E-state index contributed by atoms with van der Waals surface area (Å²) in [6, 6.07) is 11.1. The lowest BCUT2D eigenvalue weighted by molar-refractivity contribution is -0.137. The van der Waals surface area contributed by atoms with E-state index >= 15 is 0 Å². The summed E-state index contributed by atoms with van der Waals surface area (Å²) in [7, 11) is 0. The summed E-state index contributed by atoms with van der Waals surface area (Å²) in [5, 5.41) is 2.16. The largest absolute Gasteiger partial charge is 0.418 e. The van der Waals surface area contributed by atoms with Crippen molar-refractivity contribution >= 4 is 39.1 Å². The van der Waals surface area contributed by atoms with E-state index in [9.17, 15) is 18.0 Å². The second-order valence-electron chi connectivity index (χ2n) is 6.36. The van der Waals surface area contributed by atoms with Crippen LogP contribution in [0, 0.1) is 0 Å². The topological polar surface area (TPSA) is 41.6 Å². The fourth-order valence-corrected chi connectivity index (χ4v) is 3.66. The van der Waals surface area contributed by atoms with Crippen molar-refractivity contribution in [2.24, 2.45) is 0 Å². The van der Waals surface area contributed by atoms with E-state index in [1.54, 1.807) is 0 Å². The number of para-hydroxylation sites is 1. The molecule has 28 heavy (non-hydrogen) atoms. The summed E-state index contributed by atoms with van der Waals surface area (Å²) >= 11 is 9.30. The molecule has 4 nitrogen and oxygen atoms in total. The minimum absolute atomic E-state index is 0.0591. The lowest BCUT2D eigenvalue weighted by atomic mass is 10.1. The van der Waals surface area contributed by atoms with Gasteiger partial charge in [-0.15, -0.1) is 0 Å². The number of carbonyl (C=O) groups excluding carboxylic acids is 1. The van der Waals surface area contributed by atoms with Crippen molar-refractivity contribution in [3.8, 4) is 0 Å². The summed E-state index contributed by atoms with van der Waals surface area (Å²) in [6.45, 7) is 1.33. The van der Waals surface area contributed by atoms with Crippen LogP contribution >= 0.6 is 27.5 Å². The molecule has 9 heteroatoms. The van der Waals surface area contributed by atoms with Gasteiger partial charge < -0.3 is 10.1 Å². The number of nitrogens with zero attached hydrogens (tertiary/aromatic N) is 1. The zero-order valence-electron chi connectivity index (χ0n) is 14.6. The van der Waals surface area contributed by atoms with Crippen molar-refractivity contribution in [2.75, 3.05) is 31.6 Å². The van der Waals surface area contributed by atoms with Gasteiger partial charge in [0.15, 0.2) is 0 Å². The SMILES string of the molecule is O=C(CN1CCOC(c2cccc(Br)c2)C1)Nc1c(Cl)cccc1C(F)(F)F. The zero-order chi connectivity index (χ0) is 20.3. The van der Waals surface area contributed by atoms with E-state index in [-0.39, 0.29) is 17.7 Å². The van der Waals surface area contributed by atoms with E-state index in [4.69, 9.17) is 16.3 Å². The van der Waals surface area contributed by atoms with Crippen LogP contribution in [-0.4, -0.2) is 37.0 Å². The van der Waals surface area contributed by atoms with E-state index in [0.717, 1.165) is 16.1 Å². The minimum Gasteiger partial charge on any atom is -0.371 e. The standard InChI is InChI=1S/C19H17BrClF3N2O2/c20-13-4-1-3-12(9-13)16-10-26(7-8-28-16)11-17(27)25-18-14(19(22,23)24)5-2-6-15(18)21/h1-6,9,16H,7-8,10-11H2,(H,25,27). The van der Waals surface area contributed by atoms with Crippen LogP contribution in [0.1, 0.15) is 17.2 Å². The molecule has 2 aromatic carbocycles. The van der Waals surface area contributed by atoms with Gasteiger partial charge in [-0.05, 0) is 29.8 Å². The molecule has 0 spiro atoms. The Labute approximate surface area is 173 Å². The second-order valence-corrected chi connectivity index (χ2v) is 7.68. The summed E-state index contributed by atoms with van der Waals surface area (Å²) in [5.41, 5.74) is -0.425. The van der Waals surface area contributed by atoms with E-state index in [0.29, 0.717) is 19.7 Å². The molecular weight excluding hydrogens is 461 g/mol. The molecule has 1 fully saturated rings. The van der Waals surface area contributed by atoms with Gasteiger partial charge in [0.1, 0.15) is 0 Å². The van der Waals surface area contributed by atoms with Gasteiger partial charge >= 0.3 is 6.18 Å². The molecule has 0 aromatic heterocycles. The van der Waals surface area contributed by atoms with Crippen LogP contribution in [0.25, 0.3) is 0 Å². The average Bonchev–Trinajstić information content (AvgIpc) is 2.62. The molecule has 0 saturated carbocycles. The van der Waals surface area contributed by atoms with Crippen LogP contribution in [0.2, 0.25) is 5.02 Å². The first-order chi connectivity index (χ1) is 13.2. The Kier molecular flexibility index (Phi) is 6.65. The first-order valence-corrected chi connectivity index (χ1v) is 9.66. The highest BCUT2D eigenvalue weighted by atomic mass is 79.9. The molecule has 1 atom stereocenters. The Morgan fingerprint density at radius 2 is 2.04 bits per heavy atom. The second kappa shape index (κ2) is 8.82. The van der Waals surface area contributed by atoms with Crippen molar-refractivity contribution in [1.29, 1.82) is 0 Å². The number of anilines is 1. The highest BCUT2D eigenvalue weighted by Gasteiger charge is 2.35. The number of alkyl halides is 3. The molecule has 1 N–H and O–H groups in total. The summed E-state index contributed by atoms with van der Waals surface area (Å²) in [6.07, 6.45) is -4.83. The van der Waals surface area contributed by atoms with Gasteiger partial charge in [0.05, 0.1) is 35.5 Å². The van der Waals surface area contributed by atoms with Crippen LogP contribution < -0.4 is 5.32 Å². The van der Waals surface area contributed by atoms with E-state index in [1.165, 1.54) is 12.1 Å². The van der Waals surface area contributed by atoms with Crippen molar-refractivity contribution in [3.63, 3.8) is 0 Å². The Morgan fingerprint density at radius 1 is 1.29 bits per heavy atom. The maximum Gasteiger partial charge on any atom is 0.418 e. The van der Waals surface area contributed by atoms with Crippen LogP contribution in [0.5, 0.6) is 0 Å². The van der Waals surface area contributed by atoms with Gasteiger partial charge in [-0.2, -0.15) is 13.2 Å². The Balaban J connectivity index is 1.67. The van der Waals surface area contributed by atoms with Gasteiger partial charge in [0.2, 0.25) is 5.91 Å². The Hall–Kier alpha value is -1.61. The van der Waals surface area contributed by atoms with Crippen LogP contribution in [0.4, 0.5) is 18.9 Å². The third-order valence-electron chi connectivity index (χ3n) is 4.32. The lowest BCUT2D eigenvalue weighted by Crippen LogP contribution is -2.42. The van der Waals surface area contributed by atoms with Crippen molar-refractivity contribution < 1.29 is 22.7 Å². The average molecular weight is 478 g/mol. The first-order valence-electron chi connectivity index (χ1n) is 8.49. The number of benzene rings is 2. The fourth-order valence-electron chi connectivity index (χ4n) is 3.02. The summed E-state index contributed by atoms with van der Waals surface area (Å²) < 4.78 is 46.2. The van der Waals surface area contributed by atoms with Gasteiger partial charge in [-0.1, -0.05) is 45.7 Å². The van der Waals surface area contributed by atoms with Crippen LogP contribution in [-0.2, 0) is 15.7 Å². The number of hydrogen-bond acceptors (Lipinski definition) is 3. The zero-order valence-corrected chi connectivity index (χ0v) is 16.9. The summed E-state index contributed by atoms with van der Waals surface area (Å²) in [5.74, 6) is -0.562. The molecule has 2 aromatic rings. The van der Waals surface area contributed by atoms with E-state index in [2.05, 4.69) is 21.2 Å². The molecule has 1 amide bonds. The molecule has 0 aliphatic carbocycles. The van der Waals surface area contributed by atoms with Gasteiger partial charge in [-0.3, -0.25) is 9.69 Å². The van der Waals surface area contributed by atoms with Gasteiger partial charge in [-0.25, -0.2) is 0 Å². The molecule has 1 heterocycles. The molecule has 1 unspecified atom stereocenters. The van der Waals surface area contributed by atoms with E-state index in [1.807, 2.05) is 29.2 Å². The van der Waals surface area contributed by atoms with Gasteiger partial charge in [0.25, 0.3) is 0 Å². The molecule has 0 radical (unpaired) electrons. The molecule has 0 bridgehead atoms. The number of carbonyl (C=O) groups is 1. The smallest absolute Gasteiger partial charge is 0.371 e. The summed E-state index contributed by atoms with van der Waals surface area (Å²) in [4.78, 5) is 14.2. The number of halogens is 5. The van der Waals surface area contributed by atoms with Gasteiger partial charge in [0, 0.05) is 17.6 Å². The van der Waals surface area contributed by atoms with Crippen LogP contribution in [0.3, 0.4) is 0 Å². The van der Waals surface area contributed by atoms with Crippen molar-refractivity contribution in [3.05, 3.63) is 63.1 Å². The van der Waals surface area contributed by atoms with Crippen molar-refractivity contribution in [2.45, 2.75) is 12.3 Å². The Morgan fingerprint density at radius 3 is 2.75 bits per heavy atom. The molecule has 1 aliphatic rings. The normalized spacial score (nSPS) is 18.1. The monoisotopic (exact) mass is 476 g/mol. The maximum absolute atomic E-state index is 13.2. The lowest BCUT2D eigenvalue weighted by Gasteiger charge is -2.32. The quantitative estimate of drug-likeness (QED) is 0.664. The predicted octanol–water partition coefficient (Wildman–Crippen LogP) is 5.13. The third kappa shape index (κ3) is 5.26. The number of amides is 1. The molecule has 3 rings (SSSR count). The number of nitrogens with one attached hydrogen (secondary N) is 1. The number of ether oxygens (including phenoxy) is 1. The molecular formula is C19H17BrClF3N2O2. The predicted molar refractivity (Wildman–Crippen MR) is 104 cm³/mol. The molecule has 150 valence electrons. The van der Waals surface area contributed by atoms with Crippen LogP contribution in [0.15, 0.2) is 46.9 Å². The number of rotatable bonds is 4. The highest BCUT2D eigenvalue weighted by molar-refractivity contribution is 9.10. The maximum atomic E-state index is 13.2. The highest BCUT2D eigenvalue weighted by Crippen LogP contribution is 2.38. The third-order valence-corrected chi connectivity index (χ3v) is 5.13. The number of morpholine rings is 1. The Bertz CT molecular complexity index is 863. The first kappa shape index (κ1) is 21.1. The number of hydrogen-bond donors (Lipinski definition) is 1. The van der Waals surface area contributed by atoms with E-state index < -0.39 is 23.3 Å². The molecule has 1 saturated heterocycles. The van der Waals surface area contributed by atoms with Crippen molar-refractivity contribution in [1.82, 2.24) is 4.90 Å².